The Morgan fingerprint density at radius 1 is 1.03 bits per heavy atom. The molecule has 1 aliphatic carbocycles. The molecule has 1 saturated carbocycles. The van der Waals surface area contributed by atoms with Gasteiger partial charge in [0.25, 0.3) is 0 Å². The number of benzene rings is 2. The number of nitrogens with one attached hydrogen (secondary N) is 1. The highest BCUT2D eigenvalue weighted by molar-refractivity contribution is 7.90. The first-order chi connectivity index (χ1) is 17.2. The molecule has 0 saturated heterocycles. The molecule has 0 aromatic heterocycles. The number of halogens is 3. The summed E-state index contributed by atoms with van der Waals surface area (Å²) in [4.78, 5) is 15.1. The number of hydrogen-bond acceptors (Lipinski definition) is 4. The quantitative estimate of drug-likeness (QED) is 0.493. The van der Waals surface area contributed by atoms with Gasteiger partial charge in [-0.3, -0.25) is 4.79 Å². The van der Waals surface area contributed by atoms with E-state index < -0.39 is 21.5 Å². The number of carbonyl (C=O) groups is 1. The lowest BCUT2D eigenvalue weighted by Gasteiger charge is -2.30. The van der Waals surface area contributed by atoms with Gasteiger partial charge in [-0.15, -0.1) is 12.4 Å². The Labute approximate surface area is 224 Å². The maximum absolute atomic E-state index is 13.7. The fourth-order valence-corrected chi connectivity index (χ4v) is 5.91. The normalized spacial score (nSPS) is 20.6. The average molecular weight is 553 g/mol. The lowest BCUT2D eigenvalue weighted by atomic mass is 9.84. The van der Waals surface area contributed by atoms with E-state index in [0.29, 0.717) is 10.8 Å². The summed E-state index contributed by atoms with van der Waals surface area (Å²) in [6.45, 7) is 2.93. The molecule has 2 aliphatic rings. The highest BCUT2D eigenvalue weighted by atomic mass is 35.5. The Morgan fingerprint density at radius 3 is 2.32 bits per heavy atom. The van der Waals surface area contributed by atoms with Gasteiger partial charge in [0.05, 0.1) is 4.90 Å². The van der Waals surface area contributed by atoms with E-state index in [2.05, 4.69) is 10.2 Å². The maximum Gasteiger partial charge on any atom is 0.244 e. The Bertz CT molecular complexity index is 1210. The molecule has 1 aliphatic heterocycles. The third-order valence-corrected chi connectivity index (χ3v) is 8.56. The first kappa shape index (κ1) is 29.3. The largest absolute Gasteiger partial charge is 0.350 e. The van der Waals surface area contributed by atoms with Crippen LogP contribution < -0.4 is 5.32 Å². The molecule has 0 spiro atoms. The van der Waals surface area contributed by atoms with Gasteiger partial charge in [-0.1, -0.05) is 12.1 Å². The smallest absolute Gasteiger partial charge is 0.244 e. The molecule has 1 amide bonds. The van der Waals surface area contributed by atoms with Crippen molar-refractivity contribution in [1.29, 1.82) is 0 Å². The number of hydrogen-bond donors (Lipinski definition) is 1. The van der Waals surface area contributed by atoms with Crippen molar-refractivity contribution in [2.45, 2.75) is 55.9 Å². The van der Waals surface area contributed by atoms with Crippen LogP contribution in [-0.2, 0) is 27.5 Å². The summed E-state index contributed by atoms with van der Waals surface area (Å²) < 4.78 is 51.2. The van der Waals surface area contributed by atoms with E-state index in [-0.39, 0.29) is 29.9 Å². The second kappa shape index (κ2) is 13.0. The van der Waals surface area contributed by atoms with Crippen molar-refractivity contribution in [2.75, 3.05) is 25.9 Å². The van der Waals surface area contributed by atoms with Crippen molar-refractivity contribution in [1.82, 2.24) is 10.2 Å². The van der Waals surface area contributed by atoms with Crippen LogP contribution >= 0.6 is 12.4 Å². The number of carbonyl (C=O) groups excluding carboxylic acids is 1. The van der Waals surface area contributed by atoms with E-state index >= 15 is 0 Å². The van der Waals surface area contributed by atoms with Crippen LogP contribution in [0, 0.1) is 17.6 Å². The van der Waals surface area contributed by atoms with Crippen LogP contribution in [0.4, 0.5) is 8.78 Å². The van der Waals surface area contributed by atoms with E-state index in [4.69, 9.17) is 0 Å². The van der Waals surface area contributed by atoms with Gasteiger partial charge >= 0.3 is 0 Å². The molecular formula is C28H35ClF2N2O3S. The number of sulfone groups is 1. The van der Waals surface area contributed by atoms with E-state index in [1.807, 2.05) is 12.1 Å². The maximum atomic E-state index is 13.7. The molecule has 0 bridgehead atoms. The van der Waals surface area contributed by atoms with Gasteiger partial charge in [0, 0.05) is 37.0 Å². The zero-order valence-electron chi connectivity index (χ0n) is 21.1. The minimum Gasteiger partial charge on any atom is -0.350 e. The van der Waals surface area contributed by atoms with Gasteiger partial charge in [-0.2, -0.15) is 0 Å². The molecule has 0 radical (unpaired) electrons. The van der Waals surface area contributed by atoms with Crippen molar-refractivity contribution in [2.24, 2.45) is 5.92 Å². The van der Waals surface area contributed by atoms with Gasteiger partial charge in [0.2, 0.25) is 5.91 Å². The Hall–Kier alpha value is -2.29. The molecule has 1 heterocycles. The van der Waals surface area contributed by atoms with E-state index in [1.165, 1.54) is 42.2 Å². The minimum absolute atomic E-state index is 0. The van der Waals surface area contributed by atoms with Crippen LogP contribution in [0.3, 0.4) is 0 Å². The number of fused-ring (bicyclic) bond motifs is 1. The summed E-state index contributed by atoms with van der Waals surface area (Å²) in [6, 6.07) is 9.24. The number of rotatable bonds is 7. The highest BCUT2D eigenvalue weighted by Crippen LogP contribution is 2.28. The molecule has 0 unspecified atom stereocenters. The lowest BCUT2D eigenvalue weighted by Crippen LogP contribution is -2.37. The average Bonchev–Trinajstić information content (AvgIpc) is 3.04. The van der Waals surface area contributed by atoms with E-state index in [9.17, 15) is 22.0 Å². The Kier molecular flexibility index (Phi) is 10.3. The molecular weight excluding hydrogens is 518 g/mol. The molecule has 2 aromatic carbocycles. The van der Waals surface area contributed by atoms with Gasteiger partial charge < -0.3 is 10.2 Å². The van der Waals surface area contributed by atoms with E-state index in [1.54, 1.807) is 6.07 Å². The Balaban J connectivity index is 0.00000380. The standard InChI is InChI=1S/C28H34F2N2O3S.ClH/c1-36(34,35)24-10-7-21-14-17-32(18-15-22(21)19-24)16-13-20-5-8-23(9-6-20)31-28(33)12-11-25-26(29)3-2-4-27(25)30;/h2-4,7,10-12,19-20,23H,5-6,8-9,13-18H2,1H3,(H,31,33);1H/b12-11+;. The first-order valence-electron chi connectivity index (χ1n) is 12.7. The first-order valence-corrected chi connectivity index (χ1v) is 14.5. The lowest BCUT2D eigenvalue weighted by molar-refractivity contribution is -0.117. The molecule has 37 heavy (non-hydrogen) atoms. The van der Waals surface area contributed by atoms with Crippen molar-refractivity contribution in [3.63, 3.8) is 0 Å². The van der Waals surface area contributed by atoms with E-state index in [0.717, 1.165) is 70.1 Å². The van der Waals surface area contributed by atoms with Crippen molar-refractivity contribution in [3.05, 3.63) is 70.8 Å². The fourth-order valence-electron chi connectivity index (χ4n) is 5.24. The molecule has 1 N–H and O–H groups in total. The van der Waals surface area contributed by atoms with Gasteiger partial charge in [0.15, 0.2) is 9.84 Å². The molecule has 0 atom stereocenters. The van der Waals surface area contributed by atoms with Gasteiger partial charge in [-0.05, 0) is 98.9 Å². The van der Waals surface area contributed by atoms with Gasteiger partial charge in [0.1, 0.15) is 11.6 Å². The van der Waals surface area contributed by atoms with Crippen molar-refractivity contribution >= 4 is 34.2 Å². The number of amides is 1. The van der Waals surface area contributed by atoms with Gasteiger partial charge in [-0.25, -0.2) is 17.2 Å². The zero-order valence-corrected chi connectivity index (χ0v) is 22.7. The van der Waals surface area contributed by atoms with Crippen molar-refractivity contribution in [3.8, 4) is 0 Å². The summed E-state index contributed by atoms with van der Waals surface area (Å²) in [6.07, 6.45) is 10.4. The van der Waals surface area contributed by atoms with Crippen molar-refractivity contribution < 1.29 is 22.0 Å². The molecule has 9 heteroatoms. The summed E-state index contributed by atoms with van der Waals surface area (Å²) in [5, 5.41) is 2.96. The molecule has 1 fully saturated rings. The predicted molar refractivity (Wildman–Crippen MR) is 145 cm³/mol. The Morgan fingerprint density at radius 2 is 1.68 bits per heavy atom. The summed E-state index contributed by atoms with van der Waals surface area (Å²) in [5.41, 5.74) is 2.18. The third kappa shape index (κ3) is 8.09. The second-order valence-corrected chi connectivity index (χ2v) is 12.0. The molecule has 202 valence electrons. The zero-order chi connectivity index (χ0) is 25.7. The molecule has 2 aromatic rings. The molecule has 5 nitrogen and oxygen atoms in total. The van der Waals surface area contributed by atoms with Crippen LogP contribution in [0.1, 0.15) is 48.8 Å². The third-order valence-electron chi connectivity index (χ3n) is 7.45. The summed E-state index contributed by atoms with van der Waals surface area (Å²) >= 11 is 0. The minimum atomic E-state index is -3.19. The topological polar surface area (TPSA) is 66.5 Å². The SMILES string of the molecule is CS(=O)(=O)c1ccc2c(c1)CCN(CCC1CCC(NC(=O)/C=C/c3c(F)cccc3F)CC1)CC2.Cl. The summed E-state index contributed by atoms with van der Waals surface area (Å²) in [5.74, 6) is -1.09. The van der Waals surface area contributed by atoms with Crippen LogP contribution in [0.15, 0.2) is 47.4 Å². The molecule has 4 rings (SSSR count). The second-order valence-electron chi connectivity index (χ2n) is 10.0. The van der Waals surface area contributed by atoms with Crippen LogP contribution in [-0.4, -0.2) is 51.2 Å². The highest BCUT2D eigenvalue weighted by Gasteiger charge is 2.23. The monoisotopic (exact) mass is 552 g/mol. The summed E-state index contributed by atoms with van der Waals surface area (Å²) in [7, 11) is -3.19. The fraction of sp³-hybridized carbons (Fsp3) is 0.464. The predicted octanol–water partition coefficient (Wildman–Crippen LogP) is 4.97. The van der Waals surface area contributed by atoms with Crippen LogP contribution in [0.25, 0.3) is 6.08 Å². The van der Waals surface area contributed by atoms with Crippen LogP contribution in [0.5, 0.6) is 0 Å². The number of nitrogens with zero attached hydrogens (tertiary/aromatic N) is 1. The van der Waals surface area contributed by atoms with Crippen LogP contribution in [0.2, 0.25) is 0 Å².